The highest BCUT2D eigenvalue weighted by molar-refractivity contribution is 7.90. The molecule has 1 aromatic heterocycles. The molecule has 2 aliphatic heterocycles. The lowest BCUT2D eigenvalue weighted by Crippen LogP contribution is -2.64. The van der Waals surface area contributed by atoms with Gasteiger partial charge in [-0.25, -0.2) is 18.4 Å². The third kappa shape index (κ3) is 6.29. The SMILES string of the molecule is CC(C)C1C(=O)NCCN1C[C@H]1CN(S(=O)(=O)c2ccccc2S)CCN1c1ncc(C(O)(C(F)(F)F)C(F)(F)F)cn1. The summed E-state index contributed by atoms with van der Waals surface area (Å²) in [6, 6.07) is 4.73. The van der Waals surface area contributed by atoms with Gasteiger partial charge in [-0.3, -0.25) is 9.69 Å². The van der Waals surface area contributed by atoms with Crippen molar-refractivity contribution in [2.24, 2.45) is 5.92 Å². The molecule has 2 N–H and O–H groups in total. The van der Waals surface area contributed by atoms with Crippen LogP contribution < -0.4 is 10.2 Å². The molecule has 18 heteroatoms. The first-order valence-electron chi connectivity index (χ1n) is 13.1. The topological polar surface area (TPSA) is 119 Å². The summed E-state index contributed by atoms with van der Waals surface area (Å²) >= 11 is 4.26. The van der Waals surface area contributed by atoms with Crippen LogP contribution >= 0.6 is 12.6 Å². The van der Waals surface area contributed by atoms with Gasteiger partial charge in [0.1, 0.15) is 0 Å². The van der Waals surface area contributed by atoms with E-state index in [9.17, 15) is 44.7 Å². The van der Waals surface area contributed by atoms with E-state index in [-0.39, 0.29) is 66.1 Å². The van der Waals surface area contributed by atoms with Gasteiger partial charge in [-0.2, -0.15) is 30.6 Å². The van der Waals surface area contributed by atoms with Crippen molar-refractivity contribution in [1.82, 2.24) is 24.5 Å². The van der Waals surface area contributed by atoms with Gasteiger partial charge in [-0.1, -0.05) is 26.0 Å². The largest absolute Gasteiger partial charge is 0.430 e. The molecule has 1 unspecified atom stereocenters. The van der Waals surface area contributed by atoms with Gasteiger partial charge in [0.15, 0.2) is 0 Å². The molecule has 0 spiro atoms. The van der Waals surface area contributed by atoms with E-state index in [1.54, 1.807) is 12.1 Å². The summed E-state index contributed by atoms with van der Waals surface area (Å²) in [5, 5.41) is 12.5. The zero-order valence-corrected chi connectivity index (χ0v) is 24.7. The molecule has 0 radical (unpaired) electrons. The molecule has 2 fully saturated rings. The molecule has 1 aromatic carbocycles. The highest BCUT2D eigenvalue weighted by Gasteiger charge is 2.71. The highest BCUT2D eigenvalue weighted by Crippen LogP contribution is 2.49. The number of nitrogens with one attached hydrogen (secondary N) is 1. The minimum Gasteiger partial charge on any atom is -0.369 e. The van der Waals surface area contributed by atoms with E-state index in [0.29, 0.717) is 13.1 Å². The number of hydrogen-bond donors (Lipinski definition) is 3. The van der Waals surface area contributed by atoms with Crippen molar-refractivity contribution >= 4 is 34.5 Å². The predicted molar refractivity (Wildman–Crippen MR) is 145 cm³/mol. The van der Waals surface area contributed by atoms with Gasteiger partial charge >= 0.3 is 12.4 Å². The van der Waals surface area contributed by atoms with E-state index in [1.807, 2.05) is 18.7 Å². The first-order chi connectivity index (χ1) is 19.9. The number of piperazine rings is 2. The van der Waals surface area contributed by atoms with Crippen LogP contribution in [0.5, 0.6) is 0 Å². The van der Waals surface area contributed by atoms with Crippen molar-refractivity contribution in [1.29, 1.82) is 0 Å². The molecular formula is C25H30F6N6O4S2. The summed E-state index contributed by atoms with van der Waals surface area (Å²) < 4.78 is 109. The Kier molecular flexibility index (Phi) is 9.29. The highest BCUT2D eigenvalue weighted by atomic mass is 32.2. The number of thiol groups is 1. The molecule has 2 aromatic rings. The molecule has 2 saturated heterocycles. The van der Waals surface area contributed by atoms with E-state index in [0.717, 1.165) is 0 Å². The fraction of sp³-hybridized carbons (Fsp3) is 0.560. The minimum absolute atomic E-state index is 0.0397. The van der Waals surface area contributed by atoms with Gasteiger partial charge in [0.25, 0.3) is 5.60 Å². The summed E-state index contributed by atoms with van der Waals surface area (Å²) in [5.74, 6) is -0.628. The second kappa shape index (κ2) is 12.0. The van der Waals surface area contributed by atoms with Gasteiger partial charge in [0.05, 0.1) is 17.0 Å². The Morgan fingerprint density at radius 2 is 1.65 bits per heavy atom. The maximum Gasteiger partial charge on any atom is 0.430 e. The van der Waals surface area contributed by atoms with Crippen molar-refractivity contribution in [3.63, 3.8) is 0 Å². The molecule has 4 rings (SSSR count). The van der Waals surface area contributed by atoms with E-state index in [1.165, 1.54) is 21.3 Å². The zero-order valence-electron chi connectivity index (χ0n) is 23.0. The molecule has 43 heavy (non-hydrogen) atoms. The molecule has 10 nitrogen and oxygen atoms in total. The third-order valence-corrected chi connectivity index (χ3v) is 9.96. The number of benzene rings is 1. The second-order valence-corrected chi connectivity index (χ2v) is 13.0. The number of halogens is 6. The normalized spacial score (nSPS) is 21.7. The lowest BCUT2D eigenvalue weighted by atomic mass is 9.95. The molecule has 2 atom stereocenters. The van der Waals surface area contributed by atoms with Crippen molar-refractivity contribution in [2.45, 2.75) is 53.7 Å². The second-order valence-electron chi connectivity index (χ2n) is 10.6. The van der Waals surface area contributed by atoms with Crippen LogP contribution in [-0.4, -0.2) is 102 Å². The monoisotopic (exact) mass is 656 g/mol. The first-order valence-corrected chi connectivity index (χ1v) is 15.0. The smallest absolute Gasteiger partial charge is 0.369 e. The Bertz CT molecular complexity index is 1410. The standard InChI is InChI=1S/C25H30F6N6O4S2/c1-15(2)20-21(38)32-7-8-35(20)13-17-14-36(43(40,41)19-6-4-3-5-18(19)42)9-10-37(17)22-33-11-16(12-34-22)23(39,24(26,27)28)25(29,30)31/h3-6,11-12,15,17,20,39,42H,7-10,13-14H2,1-2H3,(H,32,38)/t17-,20?/m0/s1. The van der Waals surface area contributed by atoms with Crippen LogP contribution in [0.25, 0.3) is 0 Å². The van der Waals surface area contributed by atoms with Gasteiger partial charge in [0.2, 0.25) is 21.9 Å². The third-order valence-electron chi connectivity index (χ3n) is 7.50. The van der Waals surface area contributed by atoms with Gasteiger partial charge in [-0.15, -0.1) is 12.6 Å². The van der Waals surface area contributed by atoms with Crippen LogP contribution in [0.2, 0.25) is 0 Å². The van der Waals surface area contributed by atoms with Gasteiger partial charge in [0, 0.05) is 62.1 Å². The number of sulfonamides is 1. The summed E-state index contributed by atoms with van der Waals surface area (Å²) in [5.41, 5.74) is -6.82. The van der Waals surface area contributed by atoms with Gasteiger partial charge in [-0.05, 0) is 18.1 Å². The Hall–Kier alpha value is -2.67. The van der Waals surface area contributed by atoms with Crippen molar-refractivity contribution in [2.75, 3.05) is 44.2 Å². The molecule has 0 bridgehead atoms. The fourth-order valence-electron chi connectivity index (χ4n) is 5.36. The summed E-state index contributed by atoms with van der Waals surface area (Å²) in [6.07, 6.45) is -11.7. The first kappa shape index (κ1) is 33.2. The summed E-state index contributed by atoms with van der Waals surface area (Å²) in [7, 11) is -4.06. The molecule has 1 amide bonds. The number of carbonyl (C=O) groups excluding carboxylic acids is 1. The van der Waals surface area contributed by atoms with Crippen LogP contribution in [0.3, 0.4) is 0 Å². The zero-order chi connectivity index (χ0) is 32.0. The molecule has 0 saturated carbocycles. The van der Waals surface area contributed by atoms with Crippen molar-refractivity contribution in [3.8, 4) is 0 Å². The Morgan fingerprint density at radius 3 is 2.21 bits per heavy atom. The van der Waals surface area contributed by atoms with Crippen LogP contribution in [0.4, 0.5) is 32.3 Å². The summed E-state index contributed by atoms with van der Waals surface area (Å²) in [6.45, 7) is 4.16. The number of carbonyl (C=O) groups is 1. The van der Waals surface area contributed by atoms with Crippen molar-refractivity contribution in [3.05, 3.63) is 42.2 Å². The number of alkyl halides is 6. The summed E-state index contributed by atoms with van der Waals surface area (Å²) in [4.78, 5) is 23.7. The Labute approximate surface area is 249 Å². The van der Waals surface area contributed by atoms with Crippen LogP contribution in [-0.2, 0) is 20.4 Å². The number of amides is 1. The molecule has 238 valence electrons. The van der Waals surface area contributed by atoms with Crippen molar-refractivity contribution < 1.29 is 44.7 Å². The lowest BCUT2D eigenvalue weighted by molar-refractivity contribution is -0.376. The van der Waals surface area contributed by atoms with Crippen LogP contribution in [0.1, 0.15) is 19.4 Å². The molecule has 0 aliphatic carbocycles. The van der Waals surface area contributed by atoms with E-state index < -0.39 is 45.6 Å². The number of rotatable bonds is 7. The number of hydrogen-bond acceptors (Lipinski definition) is 9. The number of nitrogens with zero attached hydrogens (tertiary/aromatic N) is 5. The number of aromatic nitrogens is 2. The quantitative estimate of drug-likeness (QED) is 0.308. The average molecular weight is 657 g/mol. The van der Waals surface area contributed by atoms with E-state index >= 15 is 0 Å². The molecule has 3 heterocycles. The lowest BCUT2D eigenvalue weighted by Gasteiger charge is -2.45. The number of aliphatic hydroxyl groups is 1. The number of anilines is 1. The van der Waals surface area contributed by atoms with Crippen LogP contribution in [0, 0.1) is 5.92 Å². The van der Waals surface area contributed by atoms with E-state index in [2.05, 4.69) is 27.9 Å². The Balaban J connectivity index is 1.70. The van der Waals surface area contributed by atoms with E-state index in [4.69, 9.17) is 0 Å². The predicted octanol–water partition coefficient (Wildman–Crippen LogP) is 2.41. The minimum atomic E-state index is -6.11. The maximum atomic E-state index is 13.6. The molecular weight excluding hydrogens is 626 g/mol. The molecule has 2 aliphatic rings. The average Bonchev–Trinajstić information content (AvgIpc) is 2.91. The van der Waals surface area contributed by atoms with Crippen LogP contribution in [0.15, 0.2) is 46.5 Å². The fourth-order valence-corrected chi connectivity index (χ4v) is 7.41. The van der Waals surface area contributed by atoms with Gasteiger partial charge < -0.3 is 15.3 Å². The maximum absolute atomic E-state index is 13.6. The Morgan fingerprint density at radius 1 is 1.05 bits per heavy atom.